The van der Waals surface area contributed by atoms with Crippen LogP contribution in [0.5, 0.6) is 0 Å². The first kappa shape index (κ1) is 13.2. The molecule has 2 heteroatoms. The molecule has 2 nitrogen and oxygen atoms in total. The zero-order chi connectivity index (χ0) is 14.0. The van der Waals surface area contributed by atoms with Crippen LogP contribution in [0.2, 0.25) is 0 Å². The number of esters is 1. The quantitative estimate of drug-likeness (QED) is 0.616. The number of rotatable bonds is 0. The Morgan fingerprint density at radius 1 is 1.00 bits per heavy atom. The molecule has 3 aliphatic carbocycles. The molecule has 0 amide bonds. The normalized spacial score (nSPS) is 54.6. The van der Waals surface area contributed by atoms with Gasteiger partial charge in [0.05, 0.1) is 0 Å². The molecular weight excluding hydrogens is 248 g/mol. The highest BCUT2D eigenvalue weighted by molar-refractivity contribution is 5.70. The third-order valence-electron chi connectivity index (χ3n) is 7.70. The van der Waals surface area contributed by atoms with Crippen molar-refractivity contribution < 1.29 is 9.53 Å². The smallest absolute Gasteiger partial charge is 0.306 e. The Morgan fingerprint density at radius 3 is 2.70 bits per heavy atom. The van der Waals surface area contributed by atoms with Gasteiger partial charge in [0.15, 0.2) is 0 Å². The average molecular weight is 276 g/mol. The van der Waals surface area contributed by atoms with Gasteiger partial charge >= 0.3 is 5.97 Å². The second-order valence-electron chi connectivity index (χ2n) is 8.52. The summed E-state index contributed by atoms with van der Waals surface area (Å²) in [6, 6.07) is 0. The molecule has 112 valence electrons. The molecule has 4 rings (SSSR count). The van der Waals surface area contributed by atoms with E-state index in [1.54, 1.807) is 0 Å². The second kappa shape index (κ2) is 4.24. The average Bonchev–Trinajstić information content (AvgIpc) is 2.81. The molecule has 0 aromatic carbocycles. The van der Waals surface area contributed by atoms with E-state index in [1.165, 1.54) is 38.5 Å². The van der Waals surface area contributed by atoms with Crippen LogP contribution in [0.3, 0.4) is 0 Å². The van der Waals surface area contributed by atoms with Crippen LogP contribution in [0.15, 0.2) is 0 Å². The SMILES string of the molecule is C[C@@]12CCCC1C1CCC3OC(=O)CC[C@]3(C)C1CC2. The Bertz CT molecular complexity index is 431. The lowest BCUT2D eigenvalue weighted by Gasteiger charge is -2.58. The molecule has 6 atom stereocenters. The first-order valence-electron chi connectivity index (χ1n) is 8.72. The van der Waals surface area contributed by atoms with Crippen molar-refractivity contribution in [2.45, 2.75) is 77.7 Å². The fourth-order valence-corrected chi connectivity index (χ4v) is 6.54. The highest BCUT2D eigenvalue weighted by Crippen LogP contribution is 2.64. The molecule has 4 unspecified atom stereocenters. The predicted octanol–water partition coefficient (Wildman–Crippen LogP) is 4.32. The summed E-state index contributed by atoms with van der Waals surface area (Å²) in [5.74, 6) is 2.73. The minimum Gasteiger partial charge on any atom is -0.462 e. The van der Waals surface area contributed by atoms with E-state index in [-0.39, 0.29) is 17.5 Å². The van der Waals surface area contributed by atoms with Gasteiger partial charge in [0.25, 0.3) is 0 Å². The fraction of sp³-hybridized carbons (Fsp3) is 0.944. The van der Waals surface area contributed by atoms with Crippen LogP contribution < -0.4 is 0 Å². The van der Waals surface area contributed by atoms with Gasteiger partial charge in [-0.15, -0.1) is 0 Å². The van der Waals surface area contributed by atoms with E-state index < -0.39 is 0 Å². The third kappa shape index (κ3) is 1.66. The number of carbonyl (C=O) groups is 1. The van der Waals surface area contributed by atoms with Crippen molar-refractivity contribution in [3.63, 3.8) is 0 Å². The van der Waals surface area contributed by atoms with E-state index in [4.69, 9.17) is 4.74 Å². The zero-order valence-electron chi connectivity index (χ0n) is 13.0. The van der Waals surface area contributed by atoms with Crippen molar-refractivity contribution in [1.82, 2.24) is 0 Å². The monoisotopic (exact) mass is 276 g/mol. The van der Waals surface area contributed by atoms with Gasteiger partial charge < -0.3 is 4.74 Å². The van der Waals surface area contributed by atoms with Gasteiger partial charge in [0, 0.05) is 11.8 Å². The van der Waals surface area contributed by atoms with Crippen molar-refractivity contribution in [3.05, 3.63) is 0 Å². The third-order valence-corrected chi connectivity index (χ3v) is 7.70. The van der Waals surface area contributed by atoms with E-state index in [2.05, 4.69) is 13.8 Å². The van der Waals surface area contributed by atoms with E-state index in [0.29, 0.717) is 11.8 Å². The van der Waals surface area contributed by atoms with Crippen LogP contribution >= 0.6 is 0 Å². The van der Waals surface area contributed by atoms with Gasteiger partial charge in [0.1, 0.15) is 6.10 Å². The van der Waals surface area contributed by atoms with Crippen LogP contribution in [-0.2, 0) is 9.53 Å². The molecule has 1 saturated heterocycles. The topological polar surface area (TPSA) is 26.3 Å². The minimum atomic E-state index is 0.0486. The second-order valence-corrected chi connectivity index (χ2v) is 8.52. The fourth-order valence-electron chi connectivity index (χ4n) is 6.54. The largest absolute Gasteiger partial charge is 0.462 e. The maximum absolute atomic E-state index is 11.6. The minimum absolute atomic E-state index is 0.0486. The Labute approximate surface area is 122 Å². The van der Waals surface area contributed by atoms with Gasteiger partial charge in [0.2, 0.25) is 0 Å². The van der Waals surface area contributed by atoms with Crippen molar-refractivity contribution >= 4 is 5.97 Å². The Balaban J connectivity index is 1.64. The van der Waals surface area contributed by atoms with Gasteiger partial charge in [-0.05, 0) is 68.1 Å². The van der Waals surface area contributed by atoms with Crippen LogP contribution in [0.1, 0.15) is 71.6 Å². The molecular formula is C18H28O2. The summed E-state index contributed by atoms with van der Waals surface area (Å²) in [6.07, 6.45) is 11.5. The first-order chi connectivity index (χ1) is 9.53. The Kier molecular flexibility index (Phi) is 2.79. The summed E-state index contributed by atoms with van der Waals surface area (Å²) < 4.78 is 5.74. The van der Waals surface area contributed by atoms with Gasteiger partial charge in [-0.3, -0.25) is 4.79 Å². The summed E-state index contributed by atoms with van der Waals surface area (Å²) in [5, 5.41) is 0. The summed E-state index contributed by atoms with van der Waals surface area (Å²) in [5.41, 5.74) is 0.913. The van der Waals surface area contributed by atoms with Crippen molar-refractivity contribution in [2.24, 2.45) is 28.6 Å². The van der Waals surface area contributed by atoms with E-state index in [0.717, 1.165) is 30.6 Å². The first-order valence-corrected chi connectivity index (χ1v) is 8.72. The molecule has 4 aliphatic rings. The molecule has 0 aromatic rings. The van der Waals surface area contributed by atoms with Crippen LogP contribution in [0, 0.1) is 28.6 Å². The molecule has 0 spiro atoms. The highest BCUT2D eigenvalue weighted by atomic mass is 16.5. The maximum Gasteiger partial charge on any atom is 0.306 e. The Hall–Kier alpha value is -0.530. The van der Waals surface area contributed by atoms with Crippen molar-refractivity contribution in [2.75, 3.05) is 0 Å². The van der Waals surface area contributed by atoms with Gasteiger partial charge in [-0.2, -0.15) is 0 Å². The summed E-state index contributed by atoms with van der Waals surface area (Å²) >= 11 is 0. The van der Waals surface area contributed by atoms with Gasteiger partial charge in [-0.25, -0.2) is 0 Å². The van der Waals surface area contributed by atoms with Crippen molar-refractivity contribution in [1.29, 1.82) is 0 Å². The Morgan fingerprint density at radius 2 is 1.85 bits per heavy atom. The molecule has 20 heavy (non-hydrogen) atoms. The van der Waals surface area contributed by atoms with E-state index >= 15 is 0 Å². The molecule has 0 aromatic heterocycles. The summed E-state index contributed by atoms with van der Waals surface area (Å²) in [7, 11) is 0. The molecule has 1 heterocycles. The number of hydrogen-bond donors (Lipinski definition) is 0. The lowest BCUT2D eigenvalue weighted by molar-refractivity contribution is -0.190. The number of hydrogen-bond acceptors (Lipinski definition) is 2. The lowest BCUT2D eigenvalue weighted by atomic mass is 9.48. The molecule has 0 radical (unpaired) electrons. The van der Waals surface area contributed by atoms with Gasteiger partial charge in [-0.1, -0.05) is 20.3 Å². The molecule has 0 bridgehead atoms. The van der Waals surface area contributed by atoms with Crippen LogP contribution in [0.4, 0.5) is 0 Å². The lowest BCUT2D eigenvalue weighted by Crippen LogP contribution is -2.55. The number of fused-ring (bicyclic) bond motifs is 5. The predicted molar refractivity (Wildman–Crippen MR) is 78.1 cm³/mol. The van der Waals surface area contributed by atoms with Crippen LogP contribution in [0.25, 0.3) is 0 Å². The number of carbonyl (C=O) groups excluding carboxylic acids is 1. The van der Waals surface area contributed by atoms with E-state index in [9.17, 15) is 4.79 Å². The van der Waals surface area contributed by atoms with Crippen molar-refractivity contribution in [3.8, 4) is 0 Å². The summed E-state index contributed by atoms with van der Waals surface area (Å²) in [4.78, 5) is 11.6. The standard InChI is InChI=1S/C18H28O2/c1-17-9-3-4-13(17)12-5-6-15-18(2,14(12)7-10-17)11-8-16(19)20-15/h12-15H,3-11H2,1-2H3/t12?,13?,14?,15?,17-,18+/m0/s1. The van der Waals surface area contributed by atoms with E-state index in [1.807, 2.05) is 0 Å². The number of ether oxygens (including phenoxy) is 1. The van der Waals surface area contributed by atoms with Crippen LogP contribution in [-0.4, -0.2) is 12.1 Å². The zero-order valence-corrected chi connectivity index (χ0v) is 13.0. The molecule has 4 fully saturated rings. The molecule has 3 saturated carbocycles. The molecule has 1 aliphatic heterocycles. The maximum atomic E-state index is 11.6. The highest BCUT2D eigenvalue weighted by Gasteiger charge is 2.58. The summed E-state index contributed by atoms with van der Waals surface area (Å²) in [6.45, 7) is 4.98. The molecule has 0 N–H and O–H groups in total.